The minimum Gasteiger partial charge on any atom is -0.339 e. The van der Waals surface area contributed by atoms with E-state index in [-0.39, 0.29) is 62.8 Å². The summed E-state index contributed by atoms with van der Waals surface area (Å²) >= 11 is 13.3. The second kappa shape index (κ2) is 12.3. The molecule has 3 aliphatic rings. The number of halogens is 7. The van der Waals surface area contributed by atoms with Crippen LogP contribution in [0.15, 0.2) is 36.4 Å². The van der Waals surface area contributed by atoms with Crippen LogP contribution in [0, 0.1) is 5.92 Å². The largest absolute Gasteiger partial charge is 0.401 e. The molecule has 0 N–H and O–H groups in total. The van der Waals surface area contributed by atoms with Gasteiger partial charge in [0.25, 0.3) is 5.91 Å². The maximum Gasteiger partial charge on any atom is 0.401 e. The quantitative estimate of drug-likeness (QED) is 0.324. The molecule has 0 spiro atoms. The number of hydrogen-bond donors (Lipinski definition) is 0. The minimum atomic E-state index is -4.26. The zero-order valence-corrected chi connectivity index (χ0v) is 24.4. The van der Waals surface area contributed by atoms with E-state index in [1.807, 2.05) is 0 Å². The number of carbonyl (C=O) groups is 2. The van der Waals surface area contributed by atoms with Gasteiger partial charge in [-0.05, 0) is 66.6 Å². The van der Waals surface area contributed by atoms with Gasteiger partial charge in [0, 0.05) is 73.1 Å². The summed E-state index contributed by atoms with van der Waals surface area (Å²) in [7, 11) is 0. The SMILES string of the molecule is O=C(c1ccc(-c2cc(Cl)c(CC3CCN(C4CCC(F)(F)CC4)C3=O)c(Cl)c2)cc1)N1CCN(CC(F)(F)F)CC1. The molecule has 2 heterocycles. The molecule has 1 unspecified atom stereocenters. The Morgan fingerprint density at radius 3 is 2.05 bits per heavy atom. The fraction of sp³-hybridized carbons (Fsp3) is 0.533. The second-order valence-corrected chi connectivity index (χ2v) is 12.3. The molecular formula is C30H32Cl2F5N3O2. The van der Waals surface area contributed by atoms with E-state index in [9.17, 15) is 31.5 Å². The Hall–Kier alpha value is -2.43. The lowest BCUT2D eigenvalue weighted by Gasteiger charge is -2.35. The summed E-state index contributed by atoms with van der Waals surface area (Å²) in [6, 6.07) is 10.2. The Balaban J connectivity index is 1.20. The number of likely N-dealkylation sites (tertiary alicyclic amines) is 1. The van der Waals surface area contributed by atoms with Crippen LogP contribution in [0.5, 0.6) is 0 Å². The molecule has 2 aliphatic heterocycles. The summed E-state index contributed by atoms with van der Waals surface area (Å²) in [4.78, 5) is 30.6. The van der Waals surface area contributed by atoms with E-state index < -0.39 is 18.6 Å². The molecule has 1 atom stereocenters. The van der Waals surface area contributed by atoms with Crippen LogP contribution in [0.1, 0.15) is 48.0 Å². The Bertz CT molecular complexity index is 1280. The highest BCUT2D eigenvalue weighted by molar-refractivity contribution is 6.36. The third-order valence-electron chi connectivity index (χ3n) is 8.60. The van der Waals surface area contributed by atoms with Gasteiger partial charge in [0.15, 0.2) is 0 Å². The van der Waals surface area contributed by atoms with Crippen molar-refractivity contribution in [1.82, 2.24) is 14.7 Å². The van der Waals surface area contributed by atoms with Crippen LogP contribution in [0.3, 0.4) is 0 Å². The summed E-state index contributed by atoms with van der Waals surface area (Å²) in [6.07, 6.45) is -3.05. The maximum atomic E-state index is 13.6. The fourth-order valence-electron chi connectivity index (χ4n) is 6.21. The first kappa shape index (κ1) is 31.0. The lowest BCUT2D eigenvalue weighted by molar-refractivity contribution is -0.148. The van der Waals surface area contributed by atoms with Crippen LogP contribution >= 0.6 is 23.2 Å². The molecule has 0 aromatic heterocycles. The summed E-state index contributed by atoms with van der Waals surface area (Å²) in [5.41, 5.74) is 2.60. The molecule has 5 nitrogen and oxygen atoms in total. The van der Waals surface area contributed by atoms with E-state index in [1.165, 1.54) is 4.90 Å². The molecule has 12 heteroatoms. The smallest absolute Gasteiger partial charge is 0.339 e. The van der Waals surface area contributed by atoms with Gasteiger partial charge in [0.2, 0.25) is 11.8 Å². The van der Waals surface area contributed by atoms with Crippen LogP contribution in [0.25, 0.3) is 11.1 Å². The van der Waals surface area contributed by atoms with Gasteiger partial charge in [0.1, 0.15) is 0 Å². The number of carbonyl (C=O) groups excluding carboxylic acids is 2. The van der Waals surface area contributed by atoms with Crippen molar-refractivity contribution in [2.24, 2.45) is 5.92 Å². The summed E-state index contributed by atoms with van der Waals surface area (Å²) < 4.78 is 65.1. The van der Waals surface area contributed by atoms with Gasteiger partial charge in [-0.15, -0.1) is 0 Å². The van der Waals surface area contributed by atoms with Gasteiger partial charge in [-0.1, -0.05) is 35.3 Å². The number of hydrogen-bond acceptors (Lipinski definition) is 3. The zero-order valence-electron chi connectivity index (χ0n) is 22.9. The lowest BCUT2D eigenvalue weighted by Crippen LogP contribution is -2.50. The van der Waals surface area contributed by atoms with Gasteiger partial charge in [-0.25, -0.2) is 8.78 Å². The van der Waals surface area contributed by atoms with E-state index >= 15 is 0 Å². The molecule has 0 radical (unpaired) electrons. The topological polar surface area (TPSA) is 43.9 Å². The van der Waals surface area contributed by atoms with Gasteiger partial charge in [-0.2, -0.15) is 13.2 Å². The Kier molecular flexibility index (Phi) is 9.07. The fourth-order valence-corrected chi connectivity index (χ4v) is 6.85. The first-order chi connectivity index (χ1) is 19.8. The molecule has 5 rings (SSSR count). The van der Waals surface area contributed by atoms with Crippen LogP contribution in [0.2, 0.25) is 10.0 Å². The van der Waals surface area contributed by atoms with Crippen LogP contribution in [-0.4, -0.2) is 83.9 Å². The van der Waals surface area contributed by atoms with Crippen LogP contribution in [0.4, 0.5) is 22.0 Å². The molecule has 2 amide bonds. The average molecular weight is 633 g/mol. The third-order valence-corrected chi connectivity index (χ3v) is 9.27. The number of piperazine rings is 1. The maximum absolute atomic E-state index is 13.6. The Morgan fingerprint density at radius 1 is 0.881 bits per heavy atom. The molecule has 0 bridgehead atoms. The van der Waals surface area contributed by atoms with Crippen LogP contribution in [-0.2, 0) is 11.2 Å². The Labute approximate surface area is 251 Å². The average Bonchev–Trinajstić information content (AvgIpc) is 3.29. The standard InChI is InChI=1S/C30H32Cl2F5N3O2/c31-25-16-22(19-1-3-20(4-2-19)27(41)39-13-11-38(12-14-39)18-30(35,36)37)17-26(32)24(25)15-21-7-10-40(28(21)42)23-5-8-29(33,34)9-6-23/h1-4,16-17,21,23H,5-15,18H2. The predicted molar refractivity (Wildman–Crippen MR) is 151 cm³/mol. The summed E-state index contributed by atoms with van der Waals surface area (Å²) in [5.74, 6) is -3.23. The molecule has 42 heavy (non-hydrogen) atoms. The number of amides is 2. The third kappa shape index (κ3) is 7.19. The zero-order chi connectivity index (χ0) is 30.2. The highest BCUT2D eigenvalue weighted by Gasteiger charge is 2.42. The van der Waals surface area contributed by atoms with Crippen molar-refractivity contribution in [3.63, 3.8) is 0 Å². The van der Waals surface area contributed by atoms with Crippen molar-refractivity contribution in [3.8, 4) is 11.1 Å². The van der Waals surface area contributed by atoms with Crippen molar-refractivity contribution in [2.45, 2.75) is 56.7 Å². The van der Waals surface area contributed by atoms with Crippen molar-refractivity contribution in [3.05, 3.63) is 57.6 Å². The number of nitrogens with zero attached hydrogens (tertiary/aromatic N) is 3. The molecule has 2 aromatic carbocycles. The molecule has 2 saturated heterocycles. The predicted octanol–water partition coefficient (Wildman–Crippen LogP) is 6.95. The normalized spacial score (nSPS) is 22.2. The van der Waals surface area contributed by atoms with Gasteiger partial charge >= 0.3 is 6.18 Å². The van der Waals surface area contributed by atoms with Gasteiger partial charge < -0.3 is 9.80 Å². The van der Waals surface area contributed by atoms with Crippen molar-refractivity contribution < 1.29 is 31.5 Å². The molecule has 2 aromatic rings. The second-order valence-electron chi connectivity index (χ2n) is 11.5. The molecule has 1 saturated carbocycles. The lowest BCUT2D eigenvalue weighted by atomic mass is 9.91. The minimum absolute atomic E-state index is 0.0385. The highest BCUT2D eigenvalue weighted by atomic mass is 35.5. The van der Waals surface area contributed by atoms with Crippen molar-refractivity contribution in [2.75, 3.05) is 39.3 Å². The van der Waals surface area contributed by atoms with E-state index in [2.05, 4.69) is 0 Å². The first-order valence-electron chi connectivity index (χ1n) is 14.1. The molecule has 3 fully saturated rings. The molecule has 228 valence electrons. The van der Waals surface area contributed by atoms with E-state index in [4.69, 9.17) is 23.2 Å². The van der Waals surface area contributed by atoms with E-state index in [0.717, 1.165) is 11.1 Å². The summed E-state index contributed by atoms with van der Waals surface area (Å²) in [5, 5.41) is 0.830. The van der Waals surface area contributed by atoms with Gasteiger partial charge in [0.05, 0.1) is 6.54 Å². The van der Waals surface area contributed by atoms with Crippen molar-refractivity contribution >= 4 is 35.0 Å². The Morgan fingerprint density at radius 2 is 1.48 bits per heavy atom. The molecular weight excluding hydrogens is 600 g/mol. The first-order valence-corrected chi connectivity index (χ1v) is 14.9. The van der Waals surface area contributed by atoms with E-state index in [1.54, 1.807) is 46.2 Å². The monoisotopic (exact) mass is 631 g/mol. The number of benzene rings is 2. The van der Waals surface area contributed by atoms with Gasteiger partial charge in [-0.3, -0.25) is 14.5 Å². The van der Waals surface area contributed by atoms with Crippen molar-refractivity contribution in [1.29, 1.82) is 0 Å². The number of alkyl halides is 5. The molecule has 1 aliphatic carbocycles. The van der Waals surface area contributed by atoms with E-state index in [0.29, 0.717) is 53.4 Å². The van der Waals surface area contributed by atoms with Crippen LogP contribution < -0.4 is 0 Å². The summed E-state index contributed by atoms with van der Waals surface area (Å²) in [6.45, 7) is 0.338. The highest BCUT2D eigenvalue weighted by Crippen LogP contribution is 2.39. The number of rotatable bonds is 6.